The van der Waals surface area contributed by atoms with Gasteiger partial charge in [0, 0.05) is 29.1 Å². The third-order valence-corrected chi connectivity index (χ3v) is 3.71. The van der Waals surface area contributed by atoms with Gasteiger partial charge in [-0.05, 0) is 0 Å². The Bertz CT molecular complexity index is 456. The van der Waals surface area contributed by atoms with Crippen molar-refractivity contribution in [1.29, 1.82) is 0 Å². The molecule has 1 N–H and O–H groups in total. The van der Waals surface area contributed by atoms with Crippen molar-refractivity contribution in [2.24, 2.45) is 0 Å². The Labute approximate surface area is 105 Å². The highest BCUT2D eigenvalue weighted by Gasteiger charge is 2.17. The summed E-state index contributed by atoms with van der Waals surface area (Å²) < 4.78 is 5.01. The van der Waals surface area contributed by atoms with Gasteiger partial charge < -0.3 is 9.84 Å². The van der Waals surface area contributed by atoms with Crippen LogP contribution < -0.4 is 5.32 Å². The fourth-order valence-corrected chi connectivity index (χ4v) is 2.32. The van der Waals surface area contributed by atoms with Crippen molar-refractivity contribution in [2.75, 3.05) is 0 Å². The first-order valence-corrected chi connectivity index (χ1v) is 6.43. The summed E-state index contributed by atoms with van der Waals surface area (Å²) in [5.74, 6) is 0.852. The number of nitrogens with one attached hydrogen (secondary N) is 1. The fourth-order valence-electron chi connectivity index (χ4n) is 1.38. The highest BCUT2D eigenvalue weighted by molar-refractivity contribution is 7.11. The summed E-state index contributed by atoms with van der Waals surface area (Å²) in [5, 5.41) is 8.14. The molecule has 0 aliphatic rings. The molecule has 92 valence electrons. The van der Waals surface area contributed by atoms with Gasteiger partial charge in [0.2, 0.25) is 0 Å². The van der Waals surface area contributed by atoms with E-state index in [1.165, 1.54) is 9.88 Å². The molecule has 0 aromatic carbocycles. The number of hydrogen-bond acceptors (Lipinski definition) is 5. The lowest BCUT2D eigenvalue weighted by Crippen LogP contribution is -2.11. The predicted octanol–water partition coefficient (Wildman–Crippen LogP) is 2.72. The Morgan fingerprint density at radius 2 is 2.18 bits per heavy atom. The van der Waals surface area contributed by atoms with Crippen LogP contribution in [0.15, 0.2) is 23.0 Å². The average Bonchev–Trinajstić information content (AvgIpc) is 2.86. The summed E-state index contributed by atoms with van der Waals surface area (Å²) in [6.07, 6.45) is 3.60. The molecule has 0 spiro atoms. The van der Waals surface area contributed by atoms with Crippen LogP contribution in [0.5, 0.6) is 0 Å². The van der Waals surface area contributed by atoms with E-state index in [1.54, 1.807) is 17.5 Å². The van der Waals surface area contributed by atoms with Gasteiger partial charge in [0.05, 0.1) is 17.7 Å². The van der Waals surface area contributed by atoms with Gasteiger partial charge in [-0.3, -0.25) is 0 Å². The lowest BCUT2D eigenvalue weighted by atomic mass is 9.98. The first-order chi connectivity index (χ1) is 8.05. The van der Waals surface area contributed by atoms with Crippen LogP contribution >= 0.6 is 11.3 Å². The normalized spacial score (nSPS) is 11.9. The van der Waals surface area contributed by atoms with Crippen LogP contribution in [-0.2, 0) is 18.5 Å². The van der Waals surface area contributed by atoms with E-state index in [2.05, 4.69) is 36.2 Å². The Morgan fingerprint density at radius 1 is 1.35 bits per heavy atom. The van der Waals surface area contributed by atoms with E-state index in [4.69, 9.17) is 4.52 Å². The van der Waals surface area contributed by atoms with Crippen molar-refractivity contribution in [2.45, 2.75) is 39.3 Å². The fraction of sp³-hybridized carbons (Fsp3) is 0.500. The summed E-state index contributed by atoms with van der Waals surface area (Å²) >= 11 is 1.76. The lowest BCUT2D eigenvalue weighted by molar-refractivity contribution is 0.373. The van der Waals surface area contributed by atoms with Crippen LogP contribution in [0.3, 0.4) is 0 Å². The van der Waals surface area contributed by atoms with Crippen molar-refractivity contribution >= 4 is 11.3 Å². The molecule has 0 unspecified atom stereocenters. The quantitative estimate of drug-likeness (QED) is 0.907. The Hall–Kier alpha value is -1.20. The Balaban J connectivity index is 1.85. The average molecular weight is 251 g/mol. The van der Waals surface area contributed by atoms with Crippen LogP contribution in [0.2, 0.25) is 0 Å². The molecular formula is C12H17N3OS. The standard InChI is InChI=1S/C12H17N3OS/c1-12(2,3)11-14-8-10(17-11)7-13-6-9-4-5-15-16-9/h4-5,8,13H,6-7H2,1-3H3. The maximum absolute atomic E-state index is 5.01. The SMILES string of the molecule is CC(C)(C)c1ncc(CNCc2ccno2)s1. The summed E-state index contributed by atoms with van der Waals surface area (Å²) in [4.78, 5) is 5.69. The van der Waals surface area contributed by atoms with E-state index in [0.29, 0.717) is 6.54 Å². The van der Waals surface area contributed by atoms with Crippen molar-refractivity contribution in [1.82, 2.24) is 15.5 Å². The molecule has 0 radical (unpaired) electrons. The molecular weight excluding hydrogens is 234 g/mol. The monoisotopic (exact) mass is 251 g/mol. The van der Waals surface area contributed by atoms with Crippen LogP contribution in [0.25, 0.3) is 0 Å². The van der Waals surface area contributed by atoms with Crippen LogP contribution in [0, 0.1) is 0 Å². The van der Waals surface area contributed by atoms with Crippen molar-refractivity contribution in [3.05, 3.63) is 34.1 Å². The molecule has 5 heteroatoms. The molecule has 17 heavy (non-hydrogen) atoms. The molecule has 0 amide bonds. The molecule has 0 saturated heterocycles. The van der Waals surface area contributed by atoms with Crippen molar-refractivity contribution in [3.63, 3.8) is 0 Å². The van der Waals surface area contributed by atoms with Gasteiger partial charge in [0.15, 0.2) is 0 Å². The second-order valence-corrected chi connectivity index (χ2v) is 6.08. The molecule has 2 aromatic rings. The minimum absolute atomic E-state index is 0.133. The second kappa shape index (κ2) is 4.98. The van der Waals surface area contributed by atoms with E-state index in [9.17, 15) is 0 Å². The first-order valence-electron chi connectivity index (χ1n) is 5.61. The number of thiazole rings is 1. The topological polar surface area (TPSA) is 51.0 Å². The number of aromatic nitrogens is 2. The van der Waals surface area contributed by atoms with Gasteiger partial charge in [-0.15, -0.1) is 11.3 Å². The molecule has 2 heterocycles. The highest BCUT2D eigenvalue weighted by atomic mass is 32.1. The van der Waals surface area contributed by atoms with E-state index in [0.717, 1.165) is 12.3 Å². The van der Waals surface area contributed by atoms with E-state index in [1.807, 2.05) is 12.3 Å². The largest absolute Gasteiger partial charge is 0.360 e. The minimum Gasteiger partial charge on any atom is -0.360 e. The summed E-state index contributed by atoms with van der Waals surface area (Å²) in [5.41, 5.74) is 0.133. The smallest absolute Gasteiger partial charge is 0.150 e. The summed E-state index contributed by atoms with van der Waals surface area (Å²) in [6.45, 7) is 8.05. The number of rotatable bonds is 4. The summed E-state index contributed by atoms with van der Waals surface area (Å²) in [7, 11) is 0. The minimum atomic E-state index is 0.133. The maximum atomic E-state index is 5.01. The van der Waals surface area contributed by atoms with Gasteiger partial charge in [0.25, 0.3) is 0 Å². The van der Waals surface area contributed by atoms with Gasteiger partial charge in [-0.25, -0.2) is 4.98 Å². The zero-order chi connectivity index (χ0) is 12.3. The lowest BCUT2D eigenvalue weighted by Gasteiger charge is -2.13. The van der Waals surface area contributed by atoms with Crippen molar-refractivity contribution in [3.8, 4) is 0 Å². The molecule has 2 aromatic heterocycles. The van der Waals surface area contributed by atoms with Crippen LogP contribution in [-0.4, -0.2) is 10.1 Å². The van der Waals surface area contributed by atoms with Crippen molar-refractivity contribution < 1.29 is 4.52 Å². The van der Waals surface area contributed by atoms with Crippen LogP contribution in [0.1, 0.15) is 36.4 Å². The predicted molar refractivity (Wildman–Crippen MR) is 67.9 cm³/mol. The van der Waals surface area contributed by atoms with E-state index < -0.39 is 0 Å². The summed E-state index contributed by atoms with van der Waals surface area (Å²) in [6, 6.07) is 1.86. The second-order valence-electron chi connectivity index (χ2n) is 4.96. The molecule has 0 atom stereocenters. The third-order valence-electron chi connectivity index (χ3n) is 2.28. The Morgan fingerprint density at radius 3 is 2.76 bits per heavy atom. The molecule has 2 rings (SSSR count). The zero-order valence-electron chi connectivity index (χ0n) is 10.4. The van der Waals surface area contributed by atoms with Gasteiger partial charge in [-0.1, -0.05) is 25.9 Å². The highest BCUT2D eigenvalue weighted by Crippen LogP contribution is 2.26. The van der Waals surface area contributed by atoms with Gasteiger partial charge in [-0.2, -0.15) is 0 Å². The third kappa shape index (κ3) is 3.38. The maximum Gasteiger partial charge on any atom is 0.150 e. The molecule has 0 saturated carbocycles. The molecule has 0 fully saturated rings. The van der Waals surface area contributed by atoms with Crippen LogP contribution in [0.4, 0.5) is 0 Å². The molecule has 0 aliphatic heterocycles. The first kappa shape index (κ1) is 12.3. The zero-order valence-corrected chi connectivity index (χ0v) is 11.2. The number of nitrogens with zero attached hydrogens (tertiary/aromatic N) is 2. The van der Waals surface area contributed by atoms with E-state index in [-0.39, 0.29) is 5.41 Å². The van der Waals surface area contributed by atoms with E-state index >= 15 is 0 Å². The molecule has 4 nitrogen and oxygen atoms in total. The molecule has 0 aliphatic carbocycles. The van der Waals surface area contributed by atoms with Gasteiger partial charge in [0.1, 0.15) is 5.76 Å². The Kier molecular flexibility index (Phi) is 3.59. The number of hydrogen-bond donors (Lipinski definition) is 1. The van der Waals surface area contributed by atoms with Gasteiger partial charge >= 0.3 is 0 Å². The molecule has 0 bridgehead atoms.